The molecule has 6 nitrogen and oxygen atoms in total. The first kappa shape index (κ1) is 72.6. The summed E-state index contributed by atoms with van der Waals surface area (Å²) >= 11 is 0. The van der Waals surface area contributed by atoms with Crippen molar-refractivity contribution < 1.29 is 28.6 Å². The summed E-state index contributed by atoms with van der Waals surface area (Å²) in [6.07, 6.45) is 78.8. The Bertz CT molecular complexity index is 1250. The molecular formula is C69H128O6. The van der Waals surface area contributed by atoms with Crippen LogP contribution in [0.2, 0.25) is 0 Å². The molecule has 6 heteroatoms. The molecule has 0 saturated heterocycles. The minimum atomic E-state index is -0.775. The van der Waals surface area contributed by atoms with Crippen molar-refractivity contribution in [2.45, 2.75) is 374 Å². The lowest BCUT2D eigenvalue weighted by molar-refractivity contribution is -0.167. The summed E-state index contributed by atoms with van der Waals surface area (Å²) in [7, 11) is 0. The molecule has 1 atom stereocenters. The van der Waals surface area contributed by atoms with E-state index in [2.05, 4.69) is 57.2 Å². The van der Waals surface area contributed by atoms with Gasteiger partial charge in [0.2, 0.25) is 0 Å². The smallest absolute Gasteiger partial charge is 0.306 e. The minimum absolute atomic E-state index is 0.0717. The van der Waals surface area contributed by atoms with Crippen LogP contribution in [-0.2, 0) is 28.6 Å². The highest BCUT2D eigenvalue weighted by atomic mass is 16.6. The lowest BCUT2D eigenvalue weighted by Crippen LogP contribution is -2.30. The minimum Gasteiger partial charge on any atom is -0.462 e. The fraction of sp³-hybridized carbons (Fsp3) is 0.870. The van der Waals surface area contributed by atoms with Crippen LogP contribution in [-0.4, -0.2) is 37.2 Å². The zero-order chi connectivity index (χ0) is 54.3. The number of hydrogen-bond acceptors (Lipinski definition) is 6. The number of hydrogen-bond donors (Lipinski definition) is 0. The van der Waals surface area contributed by atoms with E-state index in [9.17, 15) is 14.4 Å². The summed E-state index contributed by atoms with van der Waals surface area (Å²) in [5.74, 6) is -0.861. The van der Waals surface area contributed by atoms with Crippen LogP contribution in [0.3, 0.4) is 0 Å². The molecule has 75 heavy (non-hydrogen) atoms. The van der Waals surface area contributed by atoms with E-state index < -0.39 is 6.10 Å². The zero-order valence-corrected chi connectivity index (χ0v) is 50.6. The number of carbonyl (C=O) groups is 3. The molecular weight excluding hydrogens is 925 g/mol. The van der Waals surface area contributed by atoms with E-state index in [1.807, 2.05) is 0 Å². The summed E-state index contributed by atoms with van der Waals surface area (Å²) in [5.41, 5.74) is 0. The summed E-state index contributed by atoms with van der Waals surface area (Å²) in [6.45, 7) is 6.65. The Kier molecular flexibility index (Phi) is 62.1. The third-order valence-corrected chi connectivity index (χ3v) is 15.1. The van der Waals surface area contributed by atoms with E-state index in [1.54, 1.807) is 0 Å². The lowest BCUT2D eigenvalue weighted by Gasteiger charge is -2.18. The quantitative estimate of drug-likeness (QED) is 0.0261. The summed E-state index contributed by atoms with van der Waals surface area (Å²) in [6, 6.07) is 0. The molecule has 0 aromatic carbocycles. The predicted molar refractivity (Wildman–Crippen MR) is 326 cm³/mol. The molecule has 0 aliphatic rings. The van der Waals surface area contributed by atoms with E-state index in [0.29, 0.717) is 19.3 Å². The van der Waals surface area contributed by atoms with E-state index >= 15 is 0 Å². The third-order valence-electron chi connectivity index (χ3n) is 15.1. The van der Waals surface area contributed by atoms with Crippen LogP contribution < -0.4 is 0 Å². The Morgan fingerprint density at radius 2 is 0.493 bits per heavy atom. The SMILES string of the molecule is CCCC/C=C\C/C=C\CCCCCCCC(=O)OCC(COC(=O)CCCCCCCCCCCCCCCCC/C=C\CCCCCCCCCC)OC(=O)CCCCCCCCCCCCCCCCCC. The van der Waals surface area contributed by atoms with E-state index in [-0.39, 0.29) is 31.1 Å². The van der Waals surface area contributed by atoms with Crippen LogP contribution in [0.15, 0.2) is 36.5 Å². The third kappa shape index (κ3) is 62.4. The Hall–Kier alpha value is -2.37. The molecule has 0 aliphatic heterocycles. The number of allylic oxidation sites excluding steroid dienone is 6. The van der Waals surface area contributed by atoms with Crippen LogP contribution in [0.5, 0.6) is 0 Å². The Morgan fingerprint density at radius 1 is 0.267 bits per heavy atom. The topological polar surface area (TPSA) is 78.9 Å². The highest BCUT2D eigenvalue weighted by Gasteiger charge is 2.19. The molecule has 0 aromatic heterocycles. The first-order valence-corrected chi connectivity index (χ1v) is 33.5. The summed E-state index contributed by atoms with van der Waals surface area (Å²) < 4.78 is 16.9. The van der Waals surface area contributed by atoms with Crippen molar-refractivity contribution in [1.82, 2.24) is 0 Å². The molecule has 440 valence electrons. The van der Waals surface area contributed by atoms with Gasteiger partial charge in [-0.05, 0) is 70.6 Å². The van der Waals surface area contributed by atoms with E-state index in [4.69, 9.17) is 14.2 Å². The second kappa shape index (κ2) is 64.2. The van der Waals surface area contributed by atoms with Crippen molar-refractivity contribution in [2.75, 3.05) is 13.2 Å². The fourth-order valence-electron chi connectivity index (χ4n) is 10.0. The highest BCUT2D eigenvalue weighted by molar-refractivity contribution is 5.71. The number of ether oxygens (including phenoxy) is 3. The molecule has 0 spiro atoms. The second-order valence-electron chi connectivity index (χ2n) is 22.7. The average Bonchev–Trinajstić information content (AvgIpc) is 3.41. The number of rotatable bonds is 62. The Balaban J connectivity index is 4.21. The monoisotopic (exact) mass is 1050 g/mol. The number of carbonyl (C=O) groups excluding carboxylic acids is 3. The molecule has 0 heterocycles. The molecule has 0 aromatic rings. The van der Waals surface area contributed by atoms with Crippen LogP contribution in [0.25, 0.3) is 0 Å². The highest BCUT2D eigenvalue weighted by Crippen LogP contribution is 2.18. The second-order valence-corrected chi connectivity index (χ2v) is 22.7. The van der Waals surface area contributed by atoms with E-state index in [1.165, 1.54) is 250 Å². The average molecular weight is 1050 g/mol. The van der Waals surface area contributed by atoms with Gasteiger partial charge in [0.05, 0.1) is 0 Å². The molecule has 0 aliphatic carbocycles. The van der Waals surface area contributed by atoms with Gasteiger partial charge in [0, 0.05) is 19.3 Å². The molecule has 0 bridgehead atoms. The van der Waals surface area contributed by atoms with Crippen molar-refractivity contribution in [3.63, 3.8) is 0 Å². The first-order valence-electron chi connectivity index (χ1n) is 33.5. The normalized spacial score (nSPS) is 12.2. The van der Waals surface area contributed by atoms with Crippen LogP contribution >= 0.6 is 0 Å². The van der Waals surface area contributed by atoms with Gasteiger partial charge in [-0.2, -0.15) is 0 Å². The molecule has 0 N–H and O–H groups in total. The first-order chi connectivity index (χ1) is 37.0. The van der Waals surface area contributed by atoms with Gasteiger partial charge in [-0.25, -0.2) is 0 Å². The van der Waals surface area contributed by atoms with Crippen molar-refractivity contribution in [3.05, 3.63) is 36.5 Å². The summed E-state index contributed by atoms with van der Waals surface area (Å²) in [5, 5.41) is 0. The Morgan fingerprint density at radius 3 is 0.787 bits per heavy atom. The van der Waals surface area contributed by atoms with Gasteiger partial charge in [0.15, 0.2) is 6.10 Å². The predicted octanol–water partition coefficient (Wildman–Crippen LogP) is 22.8. The maximum Gasteiger partial charge on any atom is 0.306 e. The van der Waals surface area contributed by atoms with Gasteiger partial charge in [-0.1, -0.05) is 314 Å². The van der Waals surface area contributed by atoms with Gasteiger partial charge in [0.25, 0.3) is 0 Å². The van der Waals surface area contributed by atoms with Gasteiger partial charge in [-0.15, -0.1) is 0 Å². The van der Waals surface area contributed by atoms with Crippen LogP contribution in [0, 0.1) is 0 Å². The molecule has 0 amide bonds. The Labute approximate surface area is 467 Å². The maximum absolute atomic E-state index is 12.9. The van der Waals surface area contributed by atoms with Gasteiger partial charge in [-0.3, -0.25) is 14.4 Å². The van der Waals surface area contributed by atoms with Gasteiger partial charge >= 0.3 is 17.9 Å². The standard InChI is InChI=1S/C69H128O6/c1-4-7-10-13-16-19-22-25-28-30-31-32-33-34-35-36-37-38-39-40-42-44-47-50-53-56-59-62-68(71)74-65-66(64-73-67(70)61-58-55-52-49-46-43-27-24-21-18-15-12-9-6-3)75-69(72)63-60-57-54-51-48-45-41-29-26-23-20-17-14-11-8-5-2/h15,18,24,27,30-31,66H,4-14,16-17,19-23,25-26,28-29,32-65H2,1-3H3/b18-15-,27-24-,31-30-. The van der Waals surface area contributed by atoms with Crippen molar-refractivity contribution >= 4 is 17.9 Å². The zero-order valence-electron chi connectivity index (χ0n) is 50.6. The van der Waals surface area contributed by atoms with Crippen LogP contribution in [0.1, 0.15) is 367 Å². The molecule has 0 saturated carbocycles. The molecule has 0 radical (unpaired) electrons. The van der Waals surface area contributed by atoms with Crippen molar-refractivity contribution in [3.8, 4) is 0 Å². The molecule has 0 rings (SSSR count). The van der Waals surface area contributed by atoms with Gasteiger partial charge < -0.3 is 14.2 Å². The fourth-order valence-corrected chi connectivity index (χ4v) is 10.0. The van der Waals surface area contributed by atoms with E-state index in [0.717, 1.165) is 77.0 Å². The molecule has 1 unspecified atom stereocenters. The summed E-state index contributed by atoms with van der Waals surface area (Å²) in [4.78, 5) is 38.3. The lowest BCUT2D eigenvalue weighted by atomic mass is 10.0. The maximum atomic E-state index is 12.9. The van der Waals surface area contributed by atoms with Gasteiger partial charge in [0.1, 0.15) is 13.2 Å². The molecule has 0 fully saturated rings. The van der Waals surface area contributed by atoms with Crippen LogP contribution in [0.4, 0.5) is 0 Å². The largest absolute Gasteiger partial charge is 0.462 e. The van der Waals surface area contributed by atoms with Crippen molar-refractivity contribution in [2.24, 2.45) is 0 Å². The number of esters is 3. The number of unbranched alkanes of at least 4 members (excludes halogenated alkanes) is 45. The van der Waals surface area contributed by atoms with Crippen molar-refractivity contribution in [1.29, 1.82) is 0 Å².